The molecule has 0 N–H and O–H groups in total. The number of hydrogen-bond donors (Lipinski definition) is 1. The highest BCUT2D eigenvalue weighted by atomic mass is 32.1. The second-order valence-corrected chi connectivity index (χ2v) is 3.22. The topological polar surface area (TPSA) is 52.4 Å². The van der Waals surface area contributed by atoms with Crippen LogP contribution in [0.15, 0.2) is 18.2 Å². The van der Waals surface area contributed by atoms with E-state index in [0.717, 1.165) is 6.07 Å². The van der Waals surface area contributed by atoms with E-state index in [2.05, 4.69) is 12.6 Å². The second-order valence-electron chi connectivity index (χ2n) is 2.77. The summed E-state index contributed by atoms with van der Waals surface area (Å²) in [6.45, 7) is 0.214. The van der Waals surface area contributed by atoms with Gasteiger partial charge < -0.3 is 4.74 Å². The van der Waals surface area contributed by atoms with Gasteiger partial charge in [0.05, 0.1) is 11.5 Å². The van der Waals surface area contributed by atoms with Crippen LogP contribution in [0.1, 0.15) is 6.42 Å². The van der Waals surface area contributed by atoms with Crippen molar-refractivity contribution in [3.05, 3.63) is 34.1 Å². The van der Waals surface area contributed by atoms with Crippen LogP contribution in [0.3, 0.4) is 0 Å². The Hall–Kier alpha value is -1.30. The summed E-state index contributed by atoms with van der Waals surface area (Å²) in [6, 6.07) is 3.61. The molecule has 1 rings (SSSR count). The summed E-state index contributed by atoms with van der Waals surface area (Å²) in [6.07, 6.45) is 0.606. The molecule has 0 bridgehead atoms. The second kappa shape index (κ2) is 5.55. The normalized spacial score (nSPS) is 10.0. The molecular weight excluding hydrogens is 221 g/mol. The Kier molecular flexibility index (Phi) is 4.36. The van der Waals surface area contributed by atoms with Gasteiger partial charge in [0, 0.05) is 6.07 Å². The third-order valence-electron chi connectivity index (χ3n) is 1.69. The highest BCUT2D eigenvalue weighted by Crippen LogP contribution is 2.29. The lowest BCUT2D eigenvalue weighted by atomic mass is 10.3. The molecule has 0 atom stereocenters. The summed E-state index contributed by atoms with van der Waals surface area (Å²) in [7, 11) is 0. The van der Waals surface area contributed by atoms with E-state index in [9.17, 15) is 14.5 Å². The van der Waals surface area contributed by atoms with Crippen molar-refractivity contribution in [3.63, 3.8) is 0 Å². The summed E-state index contributed by atoms with van der Waals surface area (Å²) in [5.41, 5.74) is -0.353. The molecule has 0 spiro atoms. The van der Waals surface area contributed by atoms with E-state index in [1.165, 1.54) is 12.1 Å². The zero-order chi connectivity index (χ0) is 11.3. The Balaban J connectivity index is 2.87. The van der Waals surface area contributed by atoms with E-state index in [0.29, 0.717) is 12.2 Å². The van der Waals surface area contributed by atoms with Gasteiger partial charge in [-0.3, -0.25) is 10.1 Å². The maximum absolute atomic E-state index is 13.2. The summed E-state index contributed by atoms with van der Waals surface area (Å²) in [4.78, 5) is 9.88. The van der Waals surface area contributed by atoms with Crippen LogP contribution in [0.2, 0.25) is 0 Å². The lowest BCUT2D eigenvalue weighted by Gasteiger charge is -2.06. The van der Waals surface area contributed by atoms with Gasteiger partial charge in [-0.2, -0.15) is 12.6 Å². The van der Waals surface area contributed by atoms with E-state index >= 15 is 0 Å². The number of nitro benzene ring substituents is 1. The Bertz CT molecular complexity index is 359. The maximum Gasteiger partial charge on any atom is 0.314 e. The number of rotatable bonds is 5. The standard InChI is InChI=1S/C9H10FNO3S/c10-7-3-1-4-8(11(12)13)9(7)14-5-2-6-15/h1,3-4,15H,2,5-6H2. The van der Waals surface area contributed by atoms with Crippen molar-refractivity contribution >= 4 is 18.3 Å². The SMILES string of the molecule is O=[N+]([O-])c1cccc(F)c1OCCCS. The fourth-order valence-corrected chi connectivity index (χ4v) is 1.15. The molecule has 0 saturated heterocycles. The van der Waals surface area contributed by atoms with Crippen molar-refractivity contribution in [1.82, 2.24) is 0 Å². The van der Waals surface area contributed by atoms with E-state index < -0.39 is 10.7 Å². The molecule has 15 heavy (non-hydrogen) atoms. The van der Waals surface area contributed by atoms with Crippen molar-refractivity contribution in [2.45, 2.75) is 6.42 Å². The quantitative estimate of drug-likeness (QED) is 0.366. The molecule has 0 saturated carbocycles. The van der Waals surface area contributed by atoms with Crippen LogP contribution in [0.25, 0.3) is 0 Å². The van der Waals surface area contributed by atoms with Gasteiger partial charge in [0.15, 0.2) is 5.82 Å². The number of thiol groups is 1. The third-order valence-corrected chi connectivity index (χ3v) is 2.01. The van der Waals surface area contributed by atoms with E-state index in [1.807, 2.05) is 0 Å². The third kappa shape index (κ3) is 3.09. The molecule has 4 nitrogen and oxygen atoms in total. The molecule has 0 aromatic heterocycles. The van der Waals surface area contributed by atoms with Gasteiger partial charge in [-0.25, -0.2) is 4.39 Å². The van der Waals surface area contributed by atoms with Crippen LogP contribution in [0.5, 0.6) is 5.75 Å². The molecule has 1 aromatic carbocycles. The average Bonchev–Trinajstić information content (AvgIpc) is 2.20. The van der Waals surface area contributed by atoms with Gasteiger partial charge in [-0.15, -0.1) is 0 Å². The molecule has 0 amide bonds. The maximum atomic E-state index is 13.2. The molecular formula is C9H10FNO3S. The number of nitrogens with zero attached hydrogens (tertiary/aromatic N) is 1. The van der Waals surface area contributed by atoms with Gasteiger partial charge in [0.1, 0.15) is 0 Å². The van der Waals surface area contributed by atoms with Crippen LogP contribution in [0, 0.1) is 15.9 Å². The van der Waals surface area contributed by atoms with E-state index in [-0.39, 0.29) is 18.0 Å². The van der Waals surface area contributed by atoms with Crippen molar-refractivity contribution in [3.8, 4) is 5.75 Å². The molecule has 0 heterocycles. The molecule has 6 heteroatoms. The highest BCUT2D eigenvalue weighted by Gasteiger charge is 2.18. The van der Waals surface area contributed by atoms with Crippen molar-refractivity contribution in [1.29, 1.82) is 0 Å². The molecule has 0 radical (unpaired) electrons. The molecule has 0 unspecified atom stereocenters. The van der Waals surface area contributed by atoms with Crippen LogP contribution >= 0.6 is 12.6 Å². The molecule has 0 aliphatic rings. The van der Waals surface area contributed by atoms with Crippen LogP contribution in [-0.2, 0) is 0 Å². The number of para-hydroxylation sites is 1. The Labute approximate surface area is 91.6 Å². The summed E-state index contributed by atoms with van der Waals surface area (Å²) in [5.74, 6) is -0.435. The number of halogens is 1. The number of nitro groups is 1. The van der Waals surface area contributed by atoms with Crippen LogP contribution in [0.4, 0.5) is 10.1 Å². The zero-order valence-electron chi connectivity index (χ0n) is 7.85. The Morgan fingerprint density at radius 3 is 2.87 bits per heavy atom. The fourth-order valence-electron chi connectivity index (χ4n) is 1.02. The predicted octanol–water partition coefficient (Wildman–Crippen LogP) is 2.43. The molecule has 82 valence electrons. The van der Waals surface area contributed by atoms with Crippen molar-refractivity contribution in [2.75, 3.05) is 12.4 Å². The number of ether oxygens (including phenoxy) is 1. The first-order chi connectivity index (χ1) is 7.16. The first-order valence-electron chi connectivity index (χ1n) is 4.33. The first kappa shape index (κ1) is 11.8. The minimum Gasteiger partial charge on any atom is -0.485 e. The summed E-state index contributed by atoms with van der Waals surface area (Å²) in [5, 5.41) is 10.6. The van der Waals surface area contributed by atoms with Crippen molar-refractivity contribution in [2.24, 2.45) is 0 Å². The summed E-state index contributed by atoms with van der Waals surface area (Å²) < 4.78 is 18.2. The Morgan fingerprint density at radius 1 is 1.53 bits per heavy atom. The molecule has 0 aliphatic carbocycles. The minimum atomic E-state index is -0.719. The monoisotopic (exact) mass is 231 g/mol. The average molecular weight is 231 g/mol. The van der Waals surface area contributed by atoms with Gasteiger partial charge in [-0.1, -0.05) is 6.07 Å². The van der Waals surface area contributed by atoms with Gasteiger partial charge in [0.25, 0.3) is 0 Å². The predicted molar refractivity (Wildman–Crippen MR) is 57.0 cm³/mol. The van der Waals surface area contributed by atoms with Gasteiger partial charge in [-0.05, 0) is 18.2 Å². The highest BCUT2D eigenvalue weighted by molar-refractivity contribution is 7.80. The van der Waals surface area contributed by atoms with Crippen LogP contribution in [-0.4, -0.2) is 17.3 Å². The fraction of sp³-hybridized carbons (Fsp3) is 0.333. The van der Waals surface area contributed by atoms with Gasteiger partial charge in [0.2, 0.25) is 5.75 Å². The molecule has 1 aromatic rings. The van der Waals surface area contributed by atoms with Gasteiger partial charge >= 0.3 is 5.69 Å². The number of benzene rings is 1. The summed E-state index contributed by atoms with van der Waals surface area (Å²) >= 11 is 3.95. The van der Waals surface area contributed by atoms with Crippen LogP contribution < -0.4 is 4.74 Å². The number of hydrogen-bond acceptors (Lipinski definition) is 4. The zero-order valence-corrected chi connectivity index (χ0v) is 8.74. The minimum absolute atomic E-state index is 0.214. The van der Waals surface area contributed by atoms with E-state index in [1.54, 1.807) is 0 Å². The lowest BCUT2D eigenvalue weighted by Crippen LogP contribution is -2.03. The first-order valence-corrected chi connectivity index (χ1v) is 4.96. The largest absolute Gasteiger partial charge is 0.485 e. The molecule has 0 fully saturated rings. The smallest absolute Gasteiger partial charge is 0.314 e. The lowest BCUT2D eigenvalue weighted by molar-refractivity contribution is -0.386. The van der Waals surface area contributed by atoms with E-state index in [4.69, 9.17) is 4.74 Å². The molecule has 0 aliphatic heterocycles. The van der Waals surface area contributed by atoms with Crippen molar-refractivity contribution < 1.29 is 14.1 Å². The Morgan fingerprint density at radius 2 is 2.27 bits per heavy atom.